The number of β-amino-alcohol motifs (C(OH)–C–C–N with tert-alkyl or cyclic N) is 1. The molecule has 1 amide bonds. The maximum Gasteiger partial charge on any atom is 0.416 e. The molecule has 128 valence electrons. The van der Waals surface area contributed by atoms with E-state index >= 15 is 0 Å². The molecule has 0 bridgehead atoms. The van der Waals surface area contributed by atoms with Gasteiger partial charge in [-0.15, -0.1) is 0 Å². The first-order chi connectivity index (χ1) is 10.5. The standard InChI is InChI=1S/C15H16F5NO2/c1-13(23)7-4-8-21(9-13)12(22)14(16,17)10-5-2-3-6-11(10)15(18,19)20/h2-3,5-6,23H,4,7-9H2,1H3. The van der Waals surface area contributed by atoms with Crippen molar-refractivity contribution in [3.63, 3.8) is 0 Å². The minimum Gasteiger partial charge on any atom is -0.388 e. The lowest BCUT2D eigenvalue weighted by molar-refractivity contribution is -0.167. The number of amides is 1. The van der Waals surface area contributed by atoms with E-state index in [1.165, 1.54) is 6.92 Å². The number of hydrogen-bond acceptors (Lipinski definition) is 2. The van der Waals surface area contributed by atoms with Crippen molar-refractivity contribution < 1.29 is 31.9 Å². The molecule has 2 rings (SSSR count). The summed E-state index contributed by atoms with van der Waals surface area (Å²) >= 11 is 0. The van der Waals surface area contributed by atoms with Crippen molar-refractivity contribution in [2.75, 3.05) is 13.1 Å². The molecule has 8 heteroatoms. The molecule has 1 aromatic rings. The van der Waals surface area contributed by atoms with Gasteiger partial charge in [0.2, 0.25) is 0 Å². The Kier molecular flexibility index (Phi) is 4.40. The molecule has 1 heterocycles. The normalized spacial score (nSPS) is 23.0. The number of hydrogen-bond donors (Lipinski definition) is 1. The first-order valence-corrected chi connectivity index (χ1v) is 7.01. The van der Waals surface area contributed by atoms with Gasteiger partial charge in [-0.2, -0.15) is 22.0 Å². The van der Waals surface area contributed by atoms with E-state index in [1.807, 2.05) is 0 Å². The molecule has 3 nitrogen and oxygen atoms in total. The van der Waals surface area contributed by atoms with Gasteiger partial charge >= 0.3 is 12.1 Å². The van der Waals surface area contributed by atoms with Gasteiger partial charge in [0.05, 0.1) is 11.2 Å². The number of carbonyl (C=O) groups is 1. The first kappa shape index (κ1) is 17.7. The fraction of sp³-hybridized carbons (Fsp3) is 0.533. The van der Waals surface area contributed by atoms with Crippen LogP contribution < -0.4 is 0 Å². The Morgan fingerprint density at radius 3 is 2.26 bits per heavy atom. The zero-order valence-electron chi connectivity index (χ0n) is 12.3. The van der Waals surface area contributed by atoms with Crippen LogP contribution in [-0.4, -0.2) is 34.6 Å². The molecule has 0 radical (unpaired) electrons. The third-order valence-corrected chi connectivity index (χ3v) is 3.80. The molecule has 0 saturated carbocycles. The largest absolute Gasteiger partial charge is 0.416 e. The quantitative estimate of drug-likeness (QED) is 0.842. The third-order valence-electron chi connectivity index (χ3n) is 3.80. The van der Waals surface area contributed by atoms with Crippen LogP contribution >= 0.6 is 0 Å². The van der Waals surface area contributed by atoms with E-state index in [4.69, 9.17) is 0 Å². The number of halogens is 5. The fourth-order valence-corrected chi connectivity index (χ4v) is 2.71. The number of likely N-dealkylation sites (tertiary alicyclic amines) is 1. The summed E-state index contributed by atoms with van der Waals surface area (Å²) in [6, 6.07) is 3.13. The summed E-state index contributed by atoms with van der Waals surface area (Å²) in [6.45, 7) is 1.03. The average Bonchev–Trinajstić information content (AvgIpc) is 2.44. The van der Waals surface area contributed by atoms with Gasteiger partial charge in [0.15, 0.2) is 0 Å². The predicted octanol–water partition coefficient (Wildman–Crippen LogP) is 3.17. The second kappa shape index (κ2) is 5.74. The summed E-state index contributed by atoms with van der Waals surface area (Å²) in [5, 5.41) is 9.90. The molecule has 1 unspecified atom stereocenters. The van der Waals surface area contributed by atoms with Gasteiger partial charge in [-0.3, -0.25) is 4.79 Å². The lowest BCUT2D eigenvalue weighted by Gasteiger charge is -2.38. The van der Waals surface area contributed by atoms with E-state index < -0.39 is 34.7 Å². The number of piperidine rings is 1. The van der Waals surface area contributed by atoms with Crippen LogP contribution in [0.2, 0.25) is 0 Å². The van der Waals surface area contributed by atoms with Crippen molar-refractivity contribution in [1.29, 1.82) is 0 Å². The molecule has 1 fully saturated rings. The number of benzene rings is 1. The van der Waals surface area contributed by atoms with E-state index in [9.17, 15) is 31.9 Å². The number of aliphatic hydroxyl groups is 1. The molecule has 0 spiro atoms. The molecule has 1 aliphatic rings. The Bertz CT molecular complexity index is 598. The van der Waals surface area contributed by atoms with E-state index in [0.29, 0.717) is 25.0 Å². The molecular weight excluding hydrogens is 321 g/mol. The zero-order chi connectivity index (χ0) is 17.5. The molecule has 0 aliphatic carbocycles. The highest BCUT2D eigenvalue weighted by Crippen LogP contribution is 2.40. The smallest absolute Gasteiger partial charge is 0.388 e. The molecule has 1 N–H and O–H groups in total. The Morgan fingerprint density at radius 1 is 1.17 bits per heavy atom. The lowest BCUT2D eigenvalue weighted by atomic mass is 9.93. The second-order valence-electron chi connectivity index (χ2n) is 5.94. The van der Waals surface area contributed by atoms with E-state index in [-0.39, 0.29) is 13.1 Å². The van der Waals surface area contributed by atoms with Gasteiger partial charge in [0.1, 0.15) is 0 Å². The van der Waals surface area contributed by atoms with Crippen LogP contribution in [0.1, 0.15) is 30.9 Å². The van der Waals surface area contributed by atoms with E-state index in [1.54, 1.807) is 0 Å². The highest BCUT2D eigenvalue weighted by molar-refractivity contribution is 5.85. The maximum atomic E-state index is 14.4. The van der Waals surface area contributed by atoms with Gasteiger partial charge in [0, 0.05) is 18.7 Å². The summed E-state index contributed by atoms with van der Waals surface area (Å²) in [6.07, 6.45) is -4.36. The SMILES string of the molecule is CC1(O)CCCN(C(=O)C(F)(F)c2ccccc2C(F)(F)F)C1. The van der Waals surface area contributed by atoms with Crippen molar-refractivity contribution >= 4 is 5.91 Å². The zero-order valence-corrected chi connectivity index (χ0v) is 12.3. The van der Waals surface area contributed by atoms with Gasteiger partial charge in [-0.25, -0.2) is 0 Å². The van der Waals surface area contributed by atoms with Gasteiger partial charge in [0.25, 0.3) is 5.91 Å². The van der Waals surface area contributed by atoms with E-state index in [2.05, 4.69) is 0 Å². The van der Waals surface area contributed by atoms with Gasteiger partial charge in [-0.05, 0) is 25.8 Å². The topological polar surface area (TPSA) is 40.5 Å². The molecular formula is C15H16F5NO2. The van der Waals surface area contributed by atoms with Crippen LogP contribution in [0.25, 0.3) is 0 Å². The van der Waals surface area contributed by atoms with Crippen LogP contribution in [0.15, 0.2) is 24.3 Å². The summed E-state index contributed by atoms with van der Waals surface area (Å²) in [7, 11) is 0. The number of rotatable bonds is 2. The van der Waals surface area contributed by atoms with Crippen LogP contribution in [0.3, 0.4) is 0 Å². The molecule has 1 aromatic carbocycles. The van der Waals surface area contributed by atoms with Crippen molar-refractivity contribution in [1.82, 2.24) is 4.90 Å². The van der Waals surface area contributed by atoms with Crippen LogP contribution in [0.5, 0.6) is 0 Å². The summed E-state index contributed by atoms with van der Waals surface area (Å²) in [5.41, 5.74) is -4.24. The van der Waals surface area contributed by atoms with E-state index in [0.717, 1.165) is 17.0 Å². The number of alkyl halides is 5. The maximum absolute atomic E-state index is 14.4. The lowest BCUT2D eigenvalue weighted by Crippen LogP contribution is -2.52. The molecule has 0 aromatic heterocycles. The number of carbonyl (C=O) groups excluding carboxylic acids is 1. The Morgan fingerprint density at radius 2 is 1.74 bits per heavy atom. The molecule has 1 atom stereocenters. The summed E-state index contributed by atoms with van der Waals surface area (Å²) in [5.74, 6) is -6.05. The predicted molar refractivity (Wildman–Crippen MR) is 71.8 cm³/mol. The van der Waals surface area contributed by atoms with Crippen molar-refractivity contribution in [2.24, 2.45) is 0 Å². The van der Waals surface area contributed by atoms with Crippen LogP contribution in [0, 0.1) is 0 Å². The highest BCUT2D eigenvalue weighted by atomic mass is 19.4. The van der Waals surface area contributed by atoms with Crippen LogP contribution in [-0.2, 0) is 16.9 Å². The Labute approximate surface area is 129 Å². The monoisotopic (exact) mass is 337 g/mol. The van der Waals surface area contributed by atoms with Gasteiger partial charge < -0.3 is 10.0 Å². The minimum atomic E-state index is -4.99. The fourth-order valence-electron chi connectivity index (χ4n) is 2.71. The van der Waals surface area contributed by atoms with Gasteiger partial charge in [-0.1, -0.05) is 18.2 Å². The second-order valence-corrected chi connectivity index (χ2v) is 5.94. The van der Waals surface area contributed by atoms with Crippen molar-refractivity contribution in [2.45, 2.75) is 37.5 Å². The highest BCUT2D eigenvalue weighted by Gasteiger charge is 2.50. The molecule has 1 aliphatic heterocycles. The minimum absolute atomic E-state index is 0.0290. The molecule has 23 heavy (non-hydrogen) atoms. The Hall–Kier alpha value is -1.70. The average molecular weight is 337 g/mol. The Balaban J connectivity index is 2.37. The molecule has 1 saturated heterocycles. The summed E-state index contributed by atoms with van der Waals surface area (Å²) in [4.78, 5) is 12.8. The van der Waals surface area contributed by atoms with Crippen molar-refractivity contribution in [3.8, 4) is 0 Å². The van der Waals surface area contributed by atoms with Crippen molar-refractivity contribution in [3.05, 3.63) is 35.4 Å². The third kappa shape index (κ3) is 3.63. The number of nitrogens with zero attached hydrogens (tertiary/aromatic N) is 1. The summed E-state index contributed by atoms with van der Waals surface area (Å²) < 4.78 is 67.5. The first-order valence-electron chi connectivity index (χ1n) is 7.01. The van der Waals surface area contributed by atoms with Crippen LogP contribution in [0.4, 0.5) is 22.0 Å².